The zero-order valence-electron chi connectivity index (χ0n) is 10.6. The third-order valence-corrected chi connectivity index (χ3v) is 11.5. The number of aliphatic carboxylic acids is 1. The molecule has 0 aromatic heterocycles. The molecule has 3 heteroatoms. The molecule has 0 spiro atoms. The van der Waals surface area contributed by atoms with Crippen LogP contribution < -0.4 is 0 Å². The molecule has 0 amide bonds. The molecule has 0 aromatic rings. The molecule has 0 heterocycles. The summed E-state index contributed by atoms with van der Waals surface area (Å²) in [6, 6.07) is 0. The molecule has 1 atom stereocenters. The summed E-state index contributed by atoms with van der Waals surface area (Å²) in [6.07, 6.45) is 0.721. The lowest BCUT2D eigenvalue weighted by atomic mass is 10.1. The molecule has 2 nitrogen and oxygen atoms in total. The predicted molar refractivity (Wildman–Crippen MR) is 63.5 cm³/mol. The molecule has 0 bridgehead atoms. The third kappa shape index (κ3) is 1.87. The SMILES string of the molecule is CC[C@@](C)(C(=O)O)[Si](C)(C)C(C)(C)C. The molecule has 0 rings (SSSR count). The zero-order chi connectivity index (χ0) is 11.8. The first-order valence-electron chi connectivity index (χ1n) is 5.24. The molecule has 0 radical (unpaired) electrons. The lowest BCUT2D eigenvalue weighted by molar-refractivity contribution is -0.140. The van der Waals surface area contributed by atoms with Crippen LogP contribution in [0.3, 0.4) is 0 Å². The van der Waals surface area contributed by atoms with E-state index in [0.29, 0.717) is 0 Å². The normalized spacial score (nSPS) is 17.6. The molecule has 0 aromatic carbocycles. The number of carboxylic acid groups (broad SMARTS) is 1. The summed E-state index contributed by atoms with van der Waals surface area (Å²) in [6.45, 7) is 14.7. The second-order valence-electron chi connectivity index (χ2n) is 5.87. The van der Waals surface area contributed by atoms with E-state index in [0.717, 1.165) is 6.42 Å². The van der Waals surface area contributed by atoms with Crippen LogP contribution in [0.5, 0.6) is 0 Å². The Labute approximate surface area is 88.7 Å². The lowest BCUT2D eigenvalue weighted by Gasteiger charge is -2.47. The van der Waals surface area contributed by atoms with Crippen molar-refractivity contribution in [3.63, 3.8) is 0 Å². The topological polar surface area (TPSA) is 37.3 Å². The summed E-state index contributed by atoms with van der Waals surface area (Å²) < 4.78 is 0. The summed E-state index contributed by atoms with van der Waals surface area (Å²) in [5.74, 6) is -0.633. The summed E-state index contributed by atoms with van der Waals surface area (Å²) in [4.78, 5) is 11.4. The van der Waals surface area contributed by atoms with Gasteiger partial charge in [-0.15, -0.1) is 0 Å². The summed E-state index contributed by atoms with van der Waals surface area (Å²) >= 11 is 0. The molecule has 84 valence electrons. The fourth-order valence-corrected chi connectivity index (χ4v) is 4.76. The van der Waals surface area contributed by atoms with Gasteiger partial charge in [-0.3, -0.25) is 4.79 Å². The van der Waals surface area contributed by atoms with Crippen molar-refractivity contribution in [2.75, 3.05) is 0 Å². The van der Waals surface area contributed by atoms with E-state index in [1.807, 2.05) is 13.8 Å². The Balaban J connectivity index is 5.34. The van der Waals surface area contributed by atoms with Gasteiger partial charge in [0.05, 0.1) is 13.1 Å². The Morgan fingerprint density at radius 2 is 1.57 bits per heavy atom. The van der Waals surface area contributed by atoms with Crippen LogP contribution in [0.25, 0.3) is 0 Å². The van der Waals surface area contributed by atoms with Gasteiger partial charge in [0.2, 0.25) is 0 Å². The minimum Gasteiger partial charge on any atom is -0.481 e. The van der Waals surface area contributed by atoms with E-state index in [9.17, 15) is 9.90 Å². The zero-order valence-corrected chi connectivity index (χ0v) is 11.6. The van der Waals surface area contributed by atoms with Crippen molar-refractivity contribution < 1.29 is 9.90 Å². The third-order valence-electron chi connectivity index (χ3n) is 4.43. The molecule has 14 heavy (non-hydrogen) atoms. The van der Waals surface area contributed by atoms with E-state index in [-0.39, 0.29) is 5.04 Å². The van der Waals surface area contributed by atoms with Crippen LogP contribution in [0.2, 0.25) is 23.2 Å². The fraction of sp³-hybridized carbons (Fsp3) is 0.909. The van der Waals surface area contributed by atoms with Crippen molar-refractivity contribution >= 4 is 14.0 Å². The Morgan fingerprint density at radius 1 is 1.21 bits per heavy atom. The Bertz CT molecular complexity index is 228. The highest BCUT2D eigenvalue weighted by atomic mass is 28.3. The quantitative estimate of drug-likeness (QED) is 0.730. The largest absolute Gasteiger partial charge is 0.481 e. The highest BCUT2D eigenvalue weighted by Gasteiger charge is 2.53. The second kappa shape index (κ2) is 3.68. The van der Waals surface area contributed by atoms with Crippen LogP contribution in [0.1, 0.15) is 41.0 Å². The molecule has 0 aliphatic heterocycles. The van der Waals surface area contributed by atoms with Crippen LogP contribution in [0.4, 0.5) is 0 Å². The number of rotatable bonds is 3. The van der Waals surface area contributed by atoms with Crippen LogP contribution >= 0.6 is 0 Å². The molecule has 0 aliphatic rings. The van der Waals surface area contributed by atoms with Gasteiger partial charge in [0.1, 0.15) is 0 Å². The van der Waals surface area contributed by atoms with Gasteiger partial charge in [-0.2, -0.15) is 0 Å². The van der Waals surface area contributed by atoms with Crippen LogP contribution in [-0.4, -0.2) is 19.1 Å². The van der Waals surface area contributed by atoms with Crippen molar-refractivity contribution in [2.45, 2.75) is 64.2 Å². The van der Waals surface area contributed by atoms with Crippen LogP contribution in [-0.2, 0) is 4.79 Å². The molecule has 0 unspecified atom stereocenters. The first-order chi connectivity index (χ1) is 6.00. The number of carbonyl (C=O) groups is 1. The average Bonchev–Trinajstić information content (AvgIpc) is 2.00. The maximum Gasteiger partial charge on any atom is 0.306 e. The monoisotopic (exact) mass is 216 g/mol. The highest BCUT2D eigenvalue weighted by Crippen LogP contribution is 2.53. The van der Waals surface area contributed by atoms with Gasteiger partial charge in [0.15, 0.2) is 0 Å². The Hall–Kier alpha value is -0.313. The van der Waals surface area contributed by atoms with E-state index < -0.39 is 19.1 Å². The van der Waals surface area contributed by atoms with Crippen LogP contribution in [0, 0.1) is 0 Å². The van der Waals surface area contributed by atoms with E-state index in [1.165, 1.54) is 0 Å². The fourth-order valence-electron chi connectivity index (χ4n) is 1.69. The minimum atomic E-state index is -1.82. The average molecular weight is 216 g/mol. The maximum atomic E-state index is 11.4. The van der Waals surface area contributed by atoms with Gasteiger partial charge in [-0.25, -0.2) is 0 Å². The van der Waals surface area contributed by atoms with Crippen molar-refractivity contribution in [2.24, 2.45) is 0 Å². The van der Waals surface area contributed by atoms with Gasteiger partial charge in [0.25, 0.3) is 0 Å². The van der Waals surface area contributed by atoms with Gasteiger partial charge >= 0.3 is 5.97 Å². The molecular formula is C11H24O2Si. The lowest BCUT2D eigenvalue weighted by Crippen LogP contribution is -2.51. The minimum absolute atomic E-state index is 0.121. The molecule has 0 saturated carbocycles. The predicted octanol–water partition coefficient (Wildman–Crippen LogP) is 3.75. The second-order valence-corrected chi connectivity index (χ2v) is 11.7. The summed E-state index contributed by atoms with van der Waals surface area (Å²) in [5, 5.41) is 8.96. The Kier molecular flexibility index (Phi) is 3.60. The van der Waals surface area contributed by atoms with Crippen molar-refractivity contribution in [3.8, 4) is 0 Å². The molecule has 1 N–H and O–H groups in total. The van der Waals surface area contributed by atoms with Crippen LogP contribution in [0.15, 0.2) is 0 Å². The number of hydrogen-bond acceptors (Lipinski definition) is 1. The standard InChI is InChI=1S/C11H24O2Si/c1-8-11(5,9(12)13)14(6,7)10(2,3)4/h8H2,1-7H3,(H,12,13)/t11-/m0/s1. The van der Waals surface area contributed by atoms with Gasteiger partial charge < -0.3 is 5.11 Å². The summed E-state index contributed by atoms with van der Waals surface area (Å²) in [7, 11) is -1.82. The highest BCUT2D eigenvalue weighted by molar-refractivity contribution is 6.85. The van der Waals surface area contributed by atoms with Gasteiger partial charge in [0, 0.05) is 0 Å². The first kappa shape index (κ1) is 13.7. The van der Waals surface area contributed by atoms with Gasteiger partial charge in [-0.1, -0.05) is 47.7 Å². The van der Waals surface area contributed by atoms with Crippen molar-refractivity contribution in [1.29, 1.82) is 0 Å². The molecule has 0 fully saturated rings. The molecule has 0 aliphatic carbocycles. The molecule has 0 saturated heterocycles. The smallest absolute Gasteiger partial charge is 0.306 e. The van der Waals surface area contributed by atoms with E-state index in [1.54, 1.807) is 0 Å². The van der Waals surface area contributed by atoms with Crippen molar-refractivity contribution in [1.82, 2.24) is 0 Å². The van der Waals surface area contributed by atoms with E-state index in [2.05, 4.69) is 33.9 Å². The van der Waals surface area contributed by atoms with Gasteiger partial charge in [-0.05, 0) is 11.5 Å². The summed E-state index contributed by atoms with van der Waals surface area (Å²) in [5.41, 5.74) is 0. The number of hydrogen-bond donors (Lipinski definition) is 1. The molecular weight excluding hydrogens is 192 g/mol. The van der Waals surface area contributed by atoms with Crippen molar-refractivity contribution in [3.05, 3.63) is 0 Å². The van der Waals surface area contributed by atoms with E-state index >= 15 is 0 Å². The maximum absolute atomic E-state index is 11.4. The van der Waals surface area contributed by atoms with E-state index in [4.69, 9.17) is 0 Å². The number of carboxylic acids is 1. The first-order valence-corrected chi connectivity index (χ1v) is 8.24. The Morgan fingerprint density at radius 3 is 1.64 bits per heavy atom.